The van der Waals surface area contributed by atoms with Gasteiger partial charge in [-0.1, -0.05) is 6.07 Å². The highest BCUT2D eigenvalue weighted by Gasteiger charge is 2.28. The van der Waals surface area contributed by atoms with E-state index in [0.717, 1.165) is 36.4 Å². The topological polar surface area (TPSA) is 60.0 Å². The van der Waals surface area contributed by atoms with E-state index in [1.54, 1.807) is 0 Å². The molecule has 1 N–H and O–H groups in total. The summed E-state index contributed by atoms with van der Waals surface area (Å²) in [6, 6.07) is 12.0. The lowest BCUT2D eigenvalue weighted by molar-refractivity contribution is -0.117. The van der Waals surface area contributed by atoms with Crippen molar-refractivity contribution < 1.29 is 27.8 Å². The van der Waals surface area contributed by atoms with Gasteiger partial charge >= 0.3 is 6.61 Å². The Morgan fingerprint density at radius 1 is 1.14 bits per heavy atom. The maximum absolute atomic E-state index is 12.5. The average molecular weight is 404 g/mol. The number of amides is 1. The van der Waals surface area contributed by atoms with Gasteiger partial charge in [-0.15, -0.1) is 0 Å². The molecule has 2 heterocycles. The number of nitrogens with one attached hydrogen (secondary N) is 1. The number of rotatable bonds is 6. The summed E-state index contributed by atoms with van der Waals surface area (Å²) in [5.41, 5.74) is 1.64. The van der Waals surface area contributed by atoms with Gasteiger partial charge in [-0.25, -0.2) is 0 Å². The lowest BCUT2D eigenvalue weighted by Crippen LogP contribution is -2.33. The van der Waals surface area contributed by atoms with E-state index >= 15 is 0 Å². The number of halogens is 2. The van der Waals surface area contributed by atoms with Gasteiger partial charge in [0.2, 0.25) is 5.91 Å². The van der Waals surface area contributed by atoms with E-state index in [0.29, 0.717) is 18.9 Å². The van der Waals surface area contributed by atoms with E-state index in [9.17, 15) is 13.6 Å². The van der Waals surface area contributed by atoms with Crippen LogP contribution in [0, 0.1) is 0 Å². The first-order valence-electron chi connectivity index (χ1n) is 9.57. The average Bonchev–Trinajstić information content (AvgIpc) is 3.16. The van der Waals surface area contributed by atoms with E-state index < -0.39 is 6.61 Å². The Bertz CT molecular complexity index is 860. The van der Waals surface area contributed by atoms with Crippen LogP contribution in [-0.4, -0.2) is 43.7 Å². The molecule has 0 unspecified atom stereocenters. The minimum absolute atomic E-state index is 0.0521. The molecule has 6 nitrogen and oxygen atoms in total. The summed E-state index contributed by atoms with van der Waals surface area (Å²) in [4.78, 5) is 14.6. The Kier molecular flexibility index (Phi) is 5.80. The number of hydrogen-bond donors (Lipinski definition) is 1. The first kappa shape index (κ1) is 19.4. The summed E-state index contributed by atoms with van der Waals surface area (Å²) in [6.45, 7) is -0.712. The second-order valence-electron chi connectivity index (χ2n) is 6.98. The first-order valence-corrected chi connectivity index (χ1v) is 9.57. The molecule has 29 heavy (non-hydrogen) atoms. The van der Waals surface area contributed by atoms with E-state index in [4.69, 9.17) is 9.47 Å². The van der Waals surface area contributed by atoms with E-state index in [1.807, 2.05) is 18.2 Å². The molecule has 1 fully saturated rings. The number of ether oxygens (including phenoxy) is 3. The molecule has 0 saturated carbocycles. The van der Waals surface area contributed by atoms with Gasteiger partial charge in [0.05, 0.1) is 6.54 Å². The van der Waals surface area contributed by atoms with Gasteiger partial charge in [-0.3, -0.25) is 9.69 Å². The smallest absolute Gasteiger partial charge is 0.387 e. The van der Waals surface area contributed by atoms with E-state index in [-0.39, 0.29) is 24.2 Å². The molecule has 1 saturated heterocycles. The third kappa shape index (κ3) is 4.76. The van der Waals surface area contributed by atoms with Crippen molar-refractivity contribution in [2.75, 3.05) is 31.6 Å². The van der Waals surface area contributed by atoms with Gasteiger partial charge in [0.25, 0.3) is 0 Å². The Morgan fingerprint density at radius 3 is 2.66 bits per heavy atom. The number of benzene rings is 2. The number of carbonyl (C=O) groups excluding carboxylic acids is 1. The SMILES string of the molecule is O=C(CN1CCC[C@H]1c1ccc2c(c1)OCCO2)Nc1ccc(OC(F)F)cc1. The van der Waals surface area contributed by atoms with Crippen LogP contribution in [0.25, 0.3) is 0 Å². The lowest BCUT2D eigenvalue weighted by atomic mass is 10.0. The normalized spacial score (nSPS) is 18.7. The molecule has 0 aliphatic carbocycles. The molecule has 0 aromatic heterocycles. The zero-order valence-electron chi connectivity index (χ0n) is 15.8. The number of likely N-dealkylation sites (tertiary alicyclic amines) is 1. The van der Waals surface area contributed by atoms with E-state index in [2.05, 4.69) is 15.0 Å². The first-order chi connectivity index (χ1) is 14.1. The molecule has 0 spiro atoms. The summed E-state index contributed by atoms with van der Waals surface area (Å²) in [5.74, 6) is 1.39. The predicted molar refractivity (Wildman–Crippen MR) is 103 cm³/mol. The van der Waals surface area contributed by atoms with Crippen LogP contribution in [0.3, 0.4) is 0 Å². The van der Waals surface area contributed by atoms with Crippen molar-refractivity contribution >= 4 is 11.6 Å². The van der Waals surface area contributed by atoms with Crippen molar-refractivity contribution in [1.82, 2.24) is 4.90 Å². The Balaban J connectivity index is 1.37. The van der Waals surface area contributed by atoms with Crippen molar-refractivity contribution in [3.8, 4) is 17.2 Å². The molecule has 1 amide bonds. The molecule has 2 aliphatic heterocycles. The Labute approximate surface area is 167 Å². The maximum atomic E-state index is 12.5. The van der Waals surface area contributed by atoms with Gasteiger partial charge in [0.1, 0.15) is 19.0 Å². The van der Waals surface area contributed by atoms with Gasteiger partial charge < -0.3 is 19.5 Å². The number of anilines is 1. The number of alkyl halides is 2. The highest BCUT2D eigenvalue weighted by atomic mass is 19.3. The summed E-state index contributed by atoms with van der Waals surface area (Å²) < 4.78 is 40.0. The van der Waals surface area contributed by atoms with Gasteiger partial charge in [0, 0.05) is 11.7 Å². The number of nitrogens with zero attached hydrogens (tertiary/aromatic N) is 1. The zero-order valence-corrected chi connectivity index (χ0v) is 15.8. The monoisotopic (exact) mass is 404 g/mol. The van der Waals surface area contributed by atoms with Crippen LogP contribution in [0.1, 0.15) is 24.4 Å². The summed E-state index contributed by atoms with van der Waals surface area (Å²) >= 11 is 0. The zero-order chi connectivity index (χ0) is 20.2. The van der Waals surface area contributed by atoms with Crippen molar-refractivity contribution in [3.05, 3.63) is 48.0 Å². The molecule has 2 aromatic carbocycles. The van der Waals surface area contributed by atoms with Crippen LogP contribution >= 0.6 is 0 Å². The lowest BCUT2D eigenvalue weighted by Gasteiger charge is -2.26. The van der Waals surface area contributed by atoms with Crippen LogP contribution in [0.2, 0.25) is 0 Å². The van der Waals surface area contributed by atoms with Crippen molar-refractivity contribution in [3.63, 3.8) is 0 Å². The number of hydrogen-bond acceptors (Lipinski definition) is 5. The van der Waals surface area contributed by atoms with Gasteiger partial charge in [0.15, 0.2) is 11.5 Å². The van der Waals surface area contributed by atoms with Crippen LogP contribution in [0.15, 0.2) is 42.5 Å². The second kappa shape index (κ2) is 8.65. The summed E-state index contributed by atoms with van der Waals surface area (Å²) in [7, 11) is 0. The third-order valence-electron chi connectivity index (χ3n) is 5.02. The maximum Gasteiger partial charge on any atom is 0.387 e. The summed E-state index contributed by atoms with van der Waals surface area (Å²) in [5, 5.41) is 2.80. The highest BCUT2D eigenvalue weighted by Crippen LogP contribution is 2.37. The molecular formula is C21H22F2N2O4. The van der Waals surface area contributed by atoms with Crippen molar-refractivity contribution in [2.45, 2.75) is 25.5 Å². The molecule has 0 bridgehead atoms. The number of carbonyl (C=O) groups is 1. The van der Waals surface area contributed by atoms with Crippen LogP contribution in [-0.2, 0) is 4.79 Å². The molecular weight excluding hydrogens is 382 g/mol. The minimum Gasteiger partial charge on any atom is -0.486 e. The molecule has 0 radical (unpaired) electrons. The van der Waals surface area contributed by atoms with Gasteiger partial charge in [-0.05, 0) is 61.3 Å². The molecule has 2 aromatic rings. The molecule has 4 rings (SSSR count). The number of fused-ring (bicyclic) bond motifs is 1. The minimum atomic E-state index is -2.87. The largest absolute Gasteiger partial charge is 0.486 e. The van der Waals surface area contributed by atoms with Crippen molar-refractivity contribution in [2.24, 2.45) is 0 Å². The standard InChI is InChI=1S/C21H22F2N2O4/c22-21(23)29-16-6-4-15(5-7-16)24-20(26)13-25-9-1-2-17(25)14-3-8-18-19(12-14)28-11-10-27-18/h3-8,12,17,21H,1-2,9-11,13H2,(H,24,26)/t17-/m0/s1. The molecule has 1 atom stereocenters. The Hall–Kier alpha value is -2.87. The fraction of sp³-hybridized carbons (Fsp3) is 0.381. The second-order valence-corrected chi connectivity index (χ2v) is 6.98. The van der Waals surface area contributed by atoms with E-state index in [1.165, 1.54) is 24.3 Å². The van der Waals surface area contributed by atoms with Crippen molar-refractivity contribution in [1.29, 1.82) is 0 Å². The van der Waals surface area contributed by atoms with Crippen LogP contribution in [0.5, 0.6) is 17.2 Å². The quantitative estimate of drug-likeness (QED) is 0.793. The fourth-order valence-electron chi connectivity index (χ4n) is 3.76. The molecule has 154 valence electrons. The predicted octanol–water partition coefficient (Wildman–Crippen LogP) is 3.83. The fourth-order valence-corrected chi connectivity index (χ4v) is 3.76. The molecule has 8 heteroatoms. The van der Waals surface area contributed by atoms with Gasteiger partial charge in [-0.2, -0.15) is 8.78 Å². The third-order valence-corrected chi connectivity index (χ3v) is 5.02. The molecule has 2 aliphatic rings. The van der Waals surface area contributed by atoms with Crippen LogP contribution < -0.4 is 19.5 Å². The summed E-state index contributed by atoms with van der Waals surface area (Å²) in [6.07, 6.45) is 1.97. The van der Waals surface area contributed by atoms with Crippen LogP contribution in [0.4, 0.5) is 14.5 Å². The Morgan fingerprint density at radius 2 is 1.90 bits per heavy atom. The highest BCUT2D eigenvalue weighted by molar-refractivity contribution is 5.92.